The van der Waals surface area contributed by atoms with Crippen molar-refractivity contribution < 1.29 is 19.1 Å². The zero-order valence-electron chi connectivity index (χ0n) is 16.8. The summed E-state index contributed by atoms with van der Waals surface area (Å²) in [6.07, 6.45) is 1.64. The molecular weight excluding hydrogens is 402 g/mol. The van der Waals surface area contributed by atoms with Crippen molar-refractivity contribution in [2.24, 2.45) is 0 Å². The minimum Gasteiger partial charge on any atom is -0.493 e. The molecule has 2 aromatic carbocycles. The highest BCUT2D eigenvalue weighted by Gasteiger charge is 2.43. The first-order chi connectivity index (χ1) is 14.5. The lowest BCUT2D eigenvalue weighted by atomic mass is 9.79. The minimum atomic E-state index is -0.620. The van der Waals surface area contributed by atoms with Gasteiger partial charge in [0.05, 0.1) is 26.2 Å². The molecule has 0 saturated heterocycles. The van der Waals surface area contributed by atoms with E-state index in [0.717, 1.165) is 5.56 Å². The lowest BCUT2D eigenvalue weighted by Crippen LogP contribution is -2.44. The van der Waals surface area contributed by atoms with Crippen LogP contribution in [-0.4, -0.2) is 43.0 Å². The van der Waals surface area contributed by atoms with Gasteiger partial charge in [-0.15, -0.1) is 11.3 Å². The van der Waals surface area contributed by atoms with Gasteiger partial charge in [-0.05, 0) is 29.3 Å². The SMILES string of the molecule is COc1ccc([C@@H]2[C@@H](C(=O)Nc3nccs3)c3ccccc3C(=O)N2C)cc1OC. The Morgan fingerprint density at radius 1 is 1.13 bits per heavy atom. The topological polar surface area (TPSA) is 80.8 Å². The van der Waals surface area contributed by atoms with Crippen molar-refractivity contribution in [3.63, 3.8) is 0 Å². The van der Waals surface area contributed by atoms with Gasteiger partial charge in [0.2, 0.25) is 5.91 Å². The van der Waals surface area contributed by atoms with E-state index in [1.165, 1.54) is 11.3 Å². The van der Waals surface area contributed by atoms with E-state index in [0.29, 0.717) is 27.8 Å². The Bertz CT molecular complexity index is 1080. The number of benzene rings is 2. The smallest absolute Gasteiger partial charge is 0.254 e. The monoisotopic (exact) mass is 423 g/mol. The predicted molar refractivity (Wildman–Crippen MR) is 114 cm³/mol. The number of anilines is 1. The van der Waals surface area contributed by atoms with Crippen LogP contribution in [0.2, 0.25) is 0 Å². The van der Waals surface area contributed by atoms with Crippen molar-refractivity contribution in [3.05, 3.63) is 70.7 Å². The summed E-state index contributed by atoms with van der Waals surface area (Å²) in [5.41, 5.74) is 1.99. The number of aromatic nitrogens is 1. The molecule has 0 spiro atoms. The number of carbonyl (C=O) groups is 2. The molecule has 2 atom stereocenters. The van der Waals surface area contributed by atoms with Crippen molar-refractivity contribution in [1.82, 2.24) is 9.88 Å². The number of hydrogen-bond donors (Lipinski definition) is 1. The van der Waals surface area contributed by atoms with E-state index in [9.17, 15) is 9.59 Å². The third kappa shape index (κ3) is 3.39. The summed E-state index contributed by atoms with van der Waals surface area (Å²) >= 11 is 1.35. The summed E-state index contributed by atoms with van der Waals surface area (Å²) in [7, 11) is 4.83. The summed E-state index contributed by atoms with van der Waals surface area (Å²) in [6, 6.07) is 12.2. The molecule has 1 aromatic heterocycles. The molecule has 3 aromatic rings. The molecule has 0 unspecified atom stereocenters. The first-order valence-corrected chi connectivity index (χ1v) is 10.2. The molecule has 8 heteroatoms. The van der Waals surface area contributed by atoms with Crippen molar-refractivity contribution in [3.8, 4) is 11.5 Å². The Balaban J connectivity index is 1.84. The average Bonchev–Trinajstić information content (AvgIpc) is 3.28. The first-order valence-electron chi connectivity index (χ1n) is 9.33. The number of ether oxygens (including phenoxy) is 2. The lowest BCUT2D eigenvalue weighted by Gasteiger charge is -2.39. The average molecular weight is 423 g/mol. The molecule has 30 heavy (non-hydrogen) atoms. The number of nitrogens with zero attached hydrogens (tertiary/aromatic N) is 2. The summed E-state index contributed by atoms with van der Waals surface area (Å²) in [6.45, 7) is 0. The summed E-state index contributed by atoms with van der Waals surface area (Å²) in [5, 5.41) is 5.21. The zero-order valence-corrected chi connectivity index (χ0v) is 17.6. The predicted octanol–water partition coefficient (Wildman–Crippen LogP) is 3.71. The van der Waals surface area contributed by atoms with Gasteiger partial charge in [0, 0.05) is 24.2 Å². The summed E-state index contributed by atoms with van der Waals surface area (Å²) in [5.74, 6) is 0.134. The van der Waals surface area contributed by atoms with Gasteiger partial charge < -0.3 is 19.7 Å². The van der Waals surface area contributed by atoms with Gasteiger partial charge in [-0.3, -0.25) is 9.59 Å². The Kier molecular flexibility index (Phi) is 5.41. The van der Waals surface area contributed by atoms with Crippen molar-refractivity contribution in [2.45, 2.75) is 12.0 Å². The Morgan fingerprint density at radius 2 is 1.90 bits per heavy atom. The molecule has 0 saturated carbocycles. The van der Waals surface area contributed by atoms with Crippen molar-refractivity contribution >= 4 is 28.3 Å². The second-order valence-corrected chi connectivity index (χ2v) is 7.76. The minimum absolute atomic E-state index is 0.135. The molecule has 2 heterocycles. The van der Waals surface area contributed by atoms with Crippen LogP contribution in [0.4, 0.5) is 5.13 Å². The number of nitrogens with one attached hydrogen (secondary N) is 1. The molecule has 2 amide bonds. The highest BCUT2D eigenvalue weighted by molar-refractivity contribution is 7.13. The van der Waals surface area contributed by atoms with Crippen LogP contribution in [0.1, 0.15) is 33.4 Å². The van der Waals surface area contributed by atoms with Crippen LogP contribution in [0.3, 0.4) is 0 Å². The highest BCUT2D eigenvalue weighted by atomic mass is 32.1. The van der Waals surface area contributed by atoms with Gasteiger partial charge in [-0.2, -0.15) is 0 Å². The lowest BCUT2D eigenvalue weighted by molar-refractivity contribution is -0.119. The number of amides is 2. The fraction of sp³-hybridized carbons (Fsp3) is 0.227. The largest absolute Gasteiger partial charge is 0.493 e. The maximum atomic E-state index is 13.4. The maximum absolute atomic E-state index is 13.4. The summed E-state index contributed by atoms with van der Waals surface area (Å²) in [4.78, 5) is 32.3. The van der Waals surface area contributed by atoms with E-state index in [-0.39, 0.29) is 11.8 Å². The van der Waals surface area contributed by atoms with E-state index in [4.69, 9.17) is 9.47 Å². The molecule has 0 bridgehead atoms. The van der Waals surface area contributed by atoms with Crippen LogP contribution >= 0.6 is 11.3 Å². The van der Waals surface area contributed by atoms with Crippen LogP contribution in [0.25, 0.3) is 0 Å². The van der Waals surface area contributed by atoms with Gasteiger partial charge in [0.15, 0.2) is 16.6 Å². The quantitative estimate of drug-likeness (QED) is 0.677. The molecule has 7 nitrogen and oxygen atoms in total. The second kappa shape index (κ2) is 8.16. The molecule has 1 N–H and O–H groups in total. The number of fused-ring (bicyclic) bond motifs is 1. The Labute approximate surface area is 178 Å². The maximum Gasteiger partial charge on any atom is 0.254 e. The second-order valence-electron chi connectivity index (χ2n) is 6.87. The Hall–Kier alpha value is -3.39. The molecule has 0 radical (unpaired) electrons. The Morgan fingerprint density at radius 3 is 2.60 bits per heavy atom. The third-order valence-corrected chi connectivity index (χ3v) is 5.96. The number of hydrogen-bond acceptors (Lipinski definition) is 6. The fourth-order valence-corrected chi connectivity index (χ4v) is 4.41. The molecule has 1 aliphatic heterocycles. The zero-order chi connectivity index (χ0) is 21.3. The van der Waals surface area contributed by atoms with Crippen LogP contribution in [0, 0.1) is 0 Å². The molecule has 0 fully saturated rings. The number of rotatable bonds is 5. The summed E-state index contributed by atoms with van der Waals surface area (Å²) < 4.78 is 10.8. The normalized spacial score (nSPS) is 18.0. The van der Waals surface area contributed by atoms with E-state index in [1.807, 2.05) is 24.3 Å². The van der Waals surface area contributed by atoms with E-state index < -0.39 is 12.0 Å². The number of methoxy groups -OCH3 is 2. The van der Waals surface area contributed by atoms with E-state index in [1.54, 1.807) is 55.9 Å². The molecule has 154 valence electrons. The standard InChI is InChI=1S/C22H21N3O4S/c1-25-19(13-8-9-16(28-2)17(12-13)29-3)18(20(26)24-22-23-10-11-30-22)14-6-4-5-7-15(14)21(25)27/h4-12,18-19H,1-3H3,(H,23,24,26)/t18-,19+/m0/s1. The van der Waals surface area contributed by atoms with E-state index in [2.05, 4.69) is 10.3 Å². The number of thiazole rings is 1. The fourth-order valence-electron chi connectivity index (χ4n) is 3.88. The molecule has 0 aliphatic carbocycles. The number of carbonyl (C=O) groups excluding carboxylic acids is 2. The van der Waals surface area contributed by atoms with Gasteiger partial charge in [0.25, 0.3) is 5.91 Å². The van der Waals surface area contributed by atoms with Crippen LogP contribution in [-0.2, 0) is 4.79 Å². The van der Waals surface area contributed by atoms with E-state index >= 15 is 0 Å². The van der Waals surface area contributed by atoms with Gasteiger partial charge in [0.1, 0.15) is 0 Å². The molecule has 4 rings (SSSR count). The van der Waals surface area contributed by atoms with Crippen molar-refractivity contribution in [2.75, 3.05) is 26.6 Å². The number of likely N-dealkylation sites (N-methyl/N-ethyl adjacent to an activating group) is 1. The highest BCUT2D eigenvalue weighted by Crippen LogP contribution is 2.44. The molecular formula is C22H21N3O4S. The van der Waals surface area contributed by atoms with Gasteiger partial charge >= 0.3 is 0 Å². The van der Waals surface area contributed by atoms with Crippen molar-refractivity contribution in [1.29, 1.82) is 0 Å². The molecule has 1 aliphatic rings. The van der Waals surface area contributed by atoms with Gasteiger partial charge in [-0.1, -0.05) is 24.3 Å². The van der Waals surface area contributed by atoms with Crippen LogP contribution in [0.5, 0.6) is 11.5 Å². The van der Waals surface area contributed by atoms with Gasteiger partial charge in [-0.25, -0.2) is 4.98 Å². The first kappa shape index (κ1) is 19.9. The third-order valence-electron chi connectivity index (χ3n) is 5.27. The van der Waals surface area contributed by atoms with Crippen LogP contribution in [0.15, 0.2) is 54.0 Å². The van der Waals surface area contributed by atoms with Crippen LogP contribution < -0.4 is 14.8 Å².